The van der Waals surface area contributed by atoms with E-state index in [-0.39, 0.29) is 6.10 Å². The molecule has 3 rings (SSSR count). The molecule has 19 heavy (non-hydrogen) atoms. The van der Waals surface area contributed by atoms with Crippen LogP contribution in [-0.2, 0) is 0 Å². The Morgan fingerprint density at radius 2 is 2.00 bits per heavy atom. The maximum Gasteiger partial charge on any atom is 0.0813 e. The minimum Gasteiger partial charge on any atom is -0.388 e. The molecule has 0 saturated carbocycles. The van der Waals surface area contributed by atoms with Gasteiger partial charge in [-0.05, 0) is 42.1 Å². The standard InChI is InChI=1S/C16H19NOS/c18-16(9-12-5-7-19-8-6-12)15-11-17-10-13-3-1-2-4-14(13)15/h1-4,10-12,16,18H,5-9H2. The van der Waals surface area contributed by atoms with E-state index in [2.05, 4.69) is 17.1 Å². The van der Waals surface area contributed by atoms with Crippen LogP contribution >= 0.6 is 11.8 Å². The van der Waals surface area contributed by atoms with Crippen LogP contribution in [0.1, 0.15) is 30.9 Å². The quantitative estimate of drug-likeness (QED) is 0.923. The summed E-state index contributed by atoms with van der Waals surface area (Å²) in [5.41, 5.74) is 0.983. The molecule has 0 radical (unpaired) electrons. The number of rotatable bonds is 3. The van der Waals surface area contributed by atoms with E-state index < -0.39 is 0 Å². The van der Waals surface area contributed by atoms with Crippen molar-refractivity contribution in [1.29, 1.82) is 0 Å². The molecule has 1 aromatic carbocycles. The number of aliphatic hydroxyl groups excluding tert-OH is 1. The number of thioether (sulfide) groups is 1. The first kappa shape index (κ1) is 12.9. The van der Waals surface area contributed by atoms with Gasteiger partial charge in [-0.3, -0.25) is 4.98 Å². The summed E-state index contributed by atoms with van der Waals surface area (Å²) in [4.78, 5) is 4.26. The Balaban J connectivity index is 1.82. The number of hydrogen-bond donors (Lipinski definition) is 1. The molecule has 1 N–H and O–H groups in total. The second-order valence-corrected chi connectivity index (χ2v) is 6.48. The highest BCUT2D eigenvalue weighted by Crippen LogP contribution is 2.33. The zero-order valence-corrected chi connectivity index (χ0v) is 11.8. The third kappa shape index (κ3) is 2.93. The van der Waals surface area contributed by atoms with Gasteiger partial charge in [0.2, 0.25) is 0 Å². The number of pyridine rings is 1. The number of benzene rings is 1. The van der Waals surface area contributed by atoms with Crippen molar-refractivity contribution in [2.75, 3.05) is 11.5 Å². The molecule has 1 unspecified atom stereocenters. The third-order valence-corrected chi connectivity index (χ3v) is 5.00. The molecule has 0 amide bonds. The minimum atomic E-state index is -0.383. The van der Waals surface area contributed by atoms with E-state index in [9.17, 15) is 5.11 Å². The van der Waals surface area contributed by atoms with Crippen LogP contribution in [0.5, 0.6) is 0 Å². The van der Waals surface area contributed by atoms with Gasteiger partial charge < -0.3 is 5.11 Å². The van der Waals surface area contributed by atoms with Crippen molar-refractivity contribution in [3.05, 3.63) is 42.2 Å². The summed E-state index contributed by atoms with van der Waals surface area (Å²) in [5, 5.41) is 12.8. The average molecular weight is 273 g/mol. The zero-order chi connectivity index (χ0) is 13.1. The van der Waals surface area contributed by atoms with Crippen molar-refractivity contribution in [3.63, 3.8) is 0 Å². The van der Waals surface area contributed by atoms with E-state index >= 15 is 0 Å². The summed E-state index contributed by atoms with van der Waals surface area (Å²) in [7, 11) is 0. The van der Waals surface area contributed by atoms with Crippen LogP contribution < -0.4 is 0 Å². The molecule has 0 bridgehead atoms. The van der Waals surface area contributed by atoms with Gasteiger partial charge in [0.05, 0.1) is 6.10 Å². The van der Waals surface area contributed by atoms with Crippen molar-refractivity contribution >= 4 is 22.5 Å². The summed E-state index contributed by atoms with van der Waals surface area (Å²) in [6.45, 7) is 0. The first-order valence-electron chi connectivity index (χ1n) is 6.93. The molecular weight excluding hydrogens is 254 g/mol. The van der Waals surface area contributed by atoms with Crippen LogP contribution in [0.15, 0.2) is 36.7 Å². The molecule has 1 aliphatic heterocycles. The van der Waals surface area contributed by atoms with Crippen LogP contribution in [0.2, 0.25) is 0 Å². The van der Waals surface area contributed by atoms with E-state index in [4.69, 9.17) is 0 Å². The second kappa shape index (κ2) is 5.93. The molecule has 100 valence electrons. The molecular formula is C16H19NOS. The van der Waals surface area contributed by atoms with E-state index in [1.54, 1.807) is 0 Å². The van der Waals surface area contributed by atoms with Gasteiger partial charge in [0.25, 0.3) is 0 Å². The van der Waals surface area contributed by atoms with Gasteiger partial charge in [0.1, 0.15) is 0 Å². The topological polar surface area (TPSA) is 33.1 Å². The van der Waals surface area contributed by atoms with Crippen molar-refractivity contribution in [3.8, 4) is 0 Å². The molecule has 2 aromatic rings. The number of aromatic nitrogens is 1. The lowest BCUT2D eigenvalue weighted by Gasteiger charge is -2.24. The fourth-order valence-corrected chi connectivity index (χ4v) is 4.03. The van der Waals surface area contributed by atoms with Crippen LogP contribution in [0.3, 0.4) is 0 Å². The molecule has 0 aliphatic carbocycles. The number of hydrogen-bond acceptors (Lipinski definition) is 3. The van der Waals surface area contributed by atoms with Gasteiger partial charge in [-0.15, -0.1) is 0 Å². The molecule has 1 fully saturated rings. The highest BCUT2D eigenvalue weighted by molar-refractivity contribution is 7.99. The largest absolute Gasteiger partial charge is 0.388 e. The van der Waals surface area contributed by atoms with E-state index in [0.717, 1.165) is 22.8 Å². The summed E-state index contributed by atoms with van der Waals surface area (Å²) in [6.07, 6.45) is 6.65. The van der Waals surface area contributed by atoms with Crippen molar-refractivity contribution in [2.24, 2.45) is 5.92 Å². The highest BCUT2D eigenvalue weighted by Gasteiger charge is 2.20. The number of nitrogens with zero attached hydrogens (tertiary/aromatic N) is 1. The molecule has 3 heteroatoms. The monoisotopic (exact) mass is 273 g/mol. The Bertz CT molecular complexity index is 546. The summed E-state index contributed by atoms with van der Waals surface area (Å²) >= 11 is 2.03. The van der Waals surface area contributed by atoms with Gasteiger partial charge in [-0.2, -0.15) is 11.8 Å². The Hall–Kier alpha value is -1.06. The molecule has 2 heterocycles. The number of aliphatic hydroxyl groups is 1. The maximum atomic E-state index is 10.5. The zero-order valence-electron chi connectivity index (χ0n) is 11.0. The van der Waals surface area contributed by atoms with E-state index in [0.29, 0.717) is 5.92 Å². The lowest BCUT2D eigenvalue weighted by molar-refractivity contribution is 0.142. The van der Waals surface area contributed by atoms with Gasteiger partial charge in [-0.25, -0.2) is 0 Å². The SMILES string of the molecule is OC(CC1CCSCC1)c1cncc2ccccc12. The molecule has 1 aromatic heterocycles. The van der Waals surface area contributed by atoms with Crippen LogP contribution in [-0.4, -0.2) is 21.6 Å². The van der Waals surface area contributed by atoms with E-state index in [1.165, 1.54) is 24.3 Å². The predicted octanol–water partition coefficient (Wildman–Crippen LogP) is 3.80. The summed E-state index contributed by atoms with van der Waals surface area (Å²) in [6, 6.07) is 8.16. The van der Waals surface area contributed by atoms with Crippen LogP contribution in [0, 0.1) is 5.92 Å². The molecule has 1 aliphatic rings. The third-order valence-electron chi connectivity index (χ3n) is 3.96. The Morgan fingerprint density at radius 3 is 2.84 bits per heavy atom. The Labute approximate surface area is 118 Å². The normalized spacial score (nSPS) is 18.6. The first-order valence-corrected chi connectivity index (χ1v) is 8.08. The average Bonchev–Trinajstić information content (AvgIpc) is 2.47. The van der Waals surface area contributed by atoms with E-state index in [1.807, 2.05) is 36.3 Å². The highest BCUT2D eigenvalue weighted by atomic mass is 32.2. The van der Waals surface area contributed by atoms with Crippen molar-refractivity contribution < 1.29 is 5.11 Å². The predicted molar refractivity (Wildman–Crippen MR) is 81.4 cm³/mol. The fraction of sp³-hybridized carbons (Fsp3) is 0.438. The smallest absolute Gasteiger partial charge is 0.0813 e. The fourth-order valence-electron chi connectivity index (χ4n) is 2.83. The van der Waals surface area contributed by atoms with Gasteiger partial charge >= 0.3 is 0 Å². The lowest BCUT2D eigenvalue weighted by atomic mass is 9.91. The van der Waals surface area contributed by atoms with Crippen molar-refractivity contribution in [1.82, 2.24) is 4.98 Å². The Morgan fingerprint density at radius 1 is 1.21 bits per heavy atom. The lowest BCUT2D eigenvalue weighted by Crippen LogP contribution is -2.13. The molecule has 0 spiro atoms. The van der Waals surface area contributed by atoms with Gasteiger partial charge in [0, 0.05) is 23.3 Å². The molecule has 1 saturated heterocycles. The number of fused-ring (bicyclic) bond motifs is 1. The maximum absolute atomic E-state index is 10.5. The van der Waals surface area contributed by atoms with Gasteiger partial charge in [-0.1, -0.05) is 24.3 Å². The summed E-state index contributed by atoms with van der Waals surface area (Å²) in [5.74, 6) is 3.14. The molecule has 2 nitrogen and oxygen atoms in total. The van der Waals surface area contributed by atoms with Crippen LogP contribution in [0.25, 0.3) is 10.8 Å². The van der Waals surface area contributed by atoms with Crippen LogP contribution in [0.4, 0.5) is 0 Å². The second-order valence-electron chi connectivity index (χ2n) is 5.26. The van der Waals surface area contributed by atoms with Crippen molar-refractivity contribution in [2.45, 2.75) is 25.4 Å². The summed E-state index contributed by atoms with van der Waals surface area (Å²) < 4.78 is 0. The minimum absolute atomic E-state index is 0.383. The Kier molecular flexibility index (Phi) is 4.04. The van der Waals surface area contributed by atoms with Gasteiger partial charge in [0.15, 0.2) is 0 Å². The molecule has 1 atom stereocenters. The first-order chi connectivity index (χ1) is 9.34.